The van der Waals surface area contributed by atoms with Crippen molar-refractivity contribution in [3.8, 4) is 12.1 Å². The van der Waals surface area contributed by atoms with E-state index in [0.29, 0.717) is 46.8 Å². The summed E-state index contributed by atoms with van der Waals surface area (Å²) in [5.41, 5.74) is -0.385. The van der Waals surface area contributed by atoms with Crippen LogP contribution in [0.3, 0.4) is 0 Å². The van der Waals surface area contributed by atoms with Crippen molar-refractivity contribution in [2.45, 2.75) is 42.9 Å². The maximum atomic E-state index is 14.4. The Bertz CT molecular complexity index is 1610. The molecule has 3 unspecified atom stereocenters. The zero-order valence-corrected chi connectivity index (χ0v) is 21.2. The van der Waals surface area contributed by atoms with E-state index < -0.39 is 22.7 Å². The number of likely N-dealkylation sites (N-methyl/N-ethyl adjacent to an activating group) is 1. The maximum absolute atomic E-state index is 14.4. The van der Waals surface area contributed by atoms with Gasteiger partial charge in [-0.3, -0.25) is 9.59 Å². The third-order valence-electron chi connectivity index (χ3n) is 8.68. The van der Waals surface area contributed by atoms with Crippen molar-refractivity contribution in [3.63, 3.8) is 0 Å². The Kier molecular flexibility index (Phi) is 5.29. The van der Waals surface area contributed by atoms with Crippen molar-refractivity contribution in [1.82, 2.24) is 5.32 Å². The molecule has 3 saturated heterocycles. The summed E-state index contributed by atoms with van der Waals surface area (Å²) in [6.07, 6.45) is 5.71. The Hall–Kier alpha value is -4.30. The van der Waals surface area contributed by atoms with Crippen molar-refractivity contribution >= 4 is 34.4 Å². The maximum Gasteiger partial charge on any atom is 0.258 e. The van der Waals surface area contributed by atoms with E-state index in [-0.39, 0.29) is 11.8 Å². The third-order valence-corrected chi connectivity index (χ3v) is 8.68. The molecular formula is C31H26N4O3. The second-order valence-corrected chi connectivity index (χ2v) is 10.5. The Morgan fingerprint density at radius 1 is 1.03 bits per heavy atom. The number of carbonyl (C=O) groups excluding carboxylic acids is 2. The van der Waals surface area contributed by atoms with Crippen LogP contribution in [0.2, 0.25) is 0 Å². The average molecular weight is 503 g/mol. The summed E-state index contributed by atoms with van der Waals surface area (Å²) in [6.45, 7) is 1.94. The van der Waals surface area contributed by atoms with Crippen molar-refractivity contribution in [1.29, 1.82) is 10.5 Å². The van der Waals surface area contributed by atoms with Crippen LogP contribution in [0.25, 0.3) is 16.8 Å². The number of hydrogen-bond acceptors (Lipinski definition) is 6. The summed E-state index contributed by atoms with van der Waals surface area (Å²) in [7, 11) is 1.73. The molecule has 38 heavy (non-hydrogen) atoms. The number of nitrogens with one attached hydrogen (secondary N) is 1. The lowest BCUT2D eigenvalue weighted by Crippen LogP contribution is -2.67. The number of nitriles is 2. The molecule has 6 rings (SSSR count). The second-order valence-electron chi connectivity index (χ2n) is 10.5. The first-order chi connectivity index (χ1) is 18.3. The number of rotatable bonds is 5. The lowest BCUT2D eigenvalue weighted by atomic mass is 9.62. The van der Waals surface area contributed by atoms with E-state index in [4.69, 9.17) is 10.00 Å². The summed E-state index contributed by atoms with van der Waals surface area (Å²) in [5, 5.41) is 23.3. The lowest BCUT2D eigenvalue weighted by Gasteiger charge is -2.42. The average Bonchev–Trinajstić information content (AvgIpc) is 3.49. The van der Waals surface area contributed by atoms with E-state index in [1.807, 2.05) is 55.5 Å². The van der Waals surface area contributed by atoms with Crippen LogP contribution in [0.5, 0.6) is 0 Å². The van der Waals surface area contributed by atoms with Gasteiger partial charge in [0, 0.05) is 10.8 Å². The molecule has 2 amide bonds. The van der Waals surface area contributed by atoms with Crippen molar-refractivity contribution in [2.24, 2.45) is 5.92 Å². The first-order valence-electron chi connectivity index (χ1n) is 12.7. The molecule has 0 radical (unpaired) electrons. The quantitative estimate of drug-likeness (QED) is 0.517. The van der Waals surface area contributed by atoms with Crippen LogP contribution in [-0.4, -0.2) is 35.6 Å². The minimum atomic E-state index is -1.22. The smallest absolute Gasteiger partial charge is 0.258 e. The topological polar surface area (TPSA) is 106 Å². The number of anilines is 1. The molecule has 7 nitrogen and oxygen atoms in total. The number of imide groups is 1. The van der Waals surface area contributed by atoms with E-state index in [2.05, 4.69) is 17.5 Å². The van der Waals surface area contributed by atoms with E-state index in [0.717, 1.165) is 5.56 Å². The fourth-order valence-corrected chi connectivity index (χ4v) is 7.01. The molecule has 0 aromatic heterocycles. The van der Waals surface area contributed by atoms with Gasteiger partial charge in [0.05, 0.1) is 40.5 Å². The van der Waals surface area contributed by atoms with Crippen LogP contribution in [0.4, 0.5) is 5.69 Å². The minimum Gasteiger partial charge on any atom is -0.365 e. The molecule has 3 heterocycles. The van der Waals surface area contributed by atoms with Gasteiger partial charge in [0.15, 0.2) is 0 Å². The van der Waals surface area contributed by atoms with Crippen LogP contribution < -0.4 is 10.2 Å². The fourth-order valence-electron chi connectivity index (χ4n) is 7.01. The van der Waals surface area contributed by atoms with Crippen molar-refractivity contribution in [2.75, 3.05) is 11.9 Å². The third kappa shape index (κ3) is 3.01. The molecule has 3 aromatic rings. The van der Waals surface area contributed by atoms with Gasteiger partial charge < -0.3 is 10.1 Å². The highest BCUT2D eigenvalue weighted by molar-refractivity contribution is 6.29. The summed E-state index contributed by atoms with van der Waals surface area (Å²) in [6, 6.07) is 22.3. The number of fused-ring (bicyclic) bond motifs is 6. The molecule has 188 valence electrons. The molecule has 3 aliphatic rings. The first kappa shape index (κ1) is 24.1. The number of hydrogen-bond donors (Lipinski definition) is 1. The fraction of sp³-hybridized carbons (Fsp3) is 0.290. The number of ether oxygens (including phenoxy) is 1. The largest absolute Gasteiger partial charge is 0.365 e. The molecule has 0 saturated carbocycles. The van der Waals surface area contributed by atoms with Gasteiger partial charge in [0.1, 0.15) is 11.1 Å². The van der Waals surface area contributed by atoms with Gasteiger partial charge in [0.2, 0.25) is 5.91 Å². The van der Waals surface area contributed by atoms with Crippen LogP contribution >= 0.6 is 0 Å². The van der Waals surface area contributed by atoms with Gasteiger partial charge in [-0.15, -0.1) is 0 Å². The summed E-state index contributed by atoms with van der Waals surface area (Å²) < 4.78 is 6.66. The van der Waals surface area contributed by atoms with Gasteiger partial charge >= 0.3 is 0 Å². The molecule has 4 atom stereocenters. The number of benzene rings is 3. The van der Waals surface area contributed by atoms with E-state index in [1.54, 1.807) is 31.3 Å². The molecule has 1 N–H and O–H groups in total. The zero-order chi connectivity index (χ0) is 26.7. The molecule has 7 heteroatoms. The van der Waals surface area contributed by atoms with Gasteiger partial charge in [-0.1, -0.05) is 48.6 Å². The van der Waals surface area contributed by atoms with Crippen molar-refractivity contribution < 1.29 is 14.3 Å². The van der Waals surface area contributed by atoms with Gasteiger partial charge in [-0.2, -0.15) is 10.5 Å². The van der Waals surface area contributed by atoms with Crippen molar-refractivity contribution in [3.05, 3.63) is 83.4 Å². The molecule has 3 aliphatic heterocycles. The number of amides is 2. The van der Waals surface area contributed by atoms with Crippen LogP contribution in [-0.2, 0) is 14.3 Å². The van der Waals surface area contributed by atoms with Crippen LogP contribution in [0, 0.1) is 28.6 Å². The molecule has 3 aromatic carbocycles. The molecule has 0 aliphatic carbocycles. The normalized spacial score (nSPS) is 29.7. The SMILES string of the molecule is CN[C@@]12C(=O)N(c3ccc(C#N)c4ccccc34)C(=O)C1C1(C)CCC2(C/C=C/c2ccc(C#N)cc2)O1. The molecular weight excluding hydrogens is 476 g/mol. The van der Waals surface area contributed by atoms with E-state index in [9.17, 15) is 14.9 Å². The highest BCUT2D eigenvalue weighted by Gasteiger charge is 2.82. The predicted molar refractivity (Wildman–Crippen MR) is 143 cm³/mol. The van der Waals surface area contributed by atoms with Crippen LogP contribution in [0.1, 0.15) is 42.9 Å². The summed E-state index contributed by atoms with van der Waals surface area (Å²) in [4.78, 5) is 29.9. The Morgan fingerprint density at radius 2 is 1.76 bits per heavy atom. The molecule has 0 spiro atoms. The highest BCUT2D eigenvalue weighted by Crippen LogP contribution is 2.64. The van der Waals surface area contributed by atoms with Crippen LogP contribution in [0.15, 0.2) is 66.7 Å². The Labute approximate surface area is 220 Å². The Morgan fingerprint density at radius 3 is 2.45 bits per heavy atom. The zero-order valence-electron chi connectivity index (χ0n) is 21.2. The van der Waals surface area contributed by atoms with E-state index >= 15 is 0 Å². The first-order valence-corrected chi connectivity index (χ1v) is 12.7. The van der Waals surface area contributed by atoms with E-state index in [1.165, 1.54) is 4.90 Å². The standard InChI is InChI=1S/C31H26N4O3/c1-29-16-17-30(38-29,15-5-6-20-9-11-21(18-32)12-10-20)31(34-2)26(29)27(36)35(28(31)37)25-14-13-22(19-33)23-7-3-4-8-24(23)25/h3-14,26,34H,15-17H2,1-2H3/b6-5+/t26?,29?,30?,31-/m1/s1. The number of carbonyl (C=O) groups is 2. The lowest BCUT2D eigenvalue weighted by molar-refractivity contribution is -0.132. The summed E-state index contributed by atoms with van der Waals surface area (Å²) >= 11 is 0. The van der Waals surface area contributed by atoms with Gasteiger partial charge in [0.25, 0.3) is 5.91 Å². The second kappa shape index (κ2) is 8.36. The van der Waals surface area contributed by atoms with Gasteiger partial charge in [-0.25, -0.2) is 4.90 Å². The highest BCUT2D eigenvalue weighted by atomic mass is 16.5. The Balaban J connectivity index is 1.43. The summed E-state index contributed by atoms with van der Waals surface area (Å²) in [5.74, 6) is -1.28. The monoisotopic (exact) mass is 502 g/mol. The predicted octanol–water partition coefficient (Wildman–Crippen LogP) is 4.46. The van der Waals surface area contributed by atoms with Gasteiger partial charge in [-0.05, 0) is 63.1 Å². The number of nitrogens with zero attached hydrogens (tertiary/aromatic N) is 3. The molecule has 3 fully saturated rings. The molecule has 2 bridgehead atoms. The minimum absolute atomic E-state index is 0.278.